The van der Waals surface area contributed by atoms with E-state index in [0.29, 0.717) is 11.8 Å². The molecule has 2 heterocycles. The molecule has 1 aromatic rings. The SMILES string of the molecule is CC1CCc2c1nc1n2CCCC1C. The van der Waals surface area contributed by atoms with Crippen LogP contribution in [0, 0.1) is 0 Å². The average molecular weight is 190 g/mol. The molecule has 2 aliphatic rings. The average Bonchev–Trinajstić information content (AvgIpc) is 2.69. The molecule has 14 heavy (non-hydrogen) atoms. The summed E-state index contributed by atoms with van der Waals surface area (Å²) in [6, 6.07) is 0. The fourth-order valence-corrected chi connectivity index (χ4v) is 2.98. The van der Waals surface area contributed by atoms with Gasteiger partial charge < -0.3 is 4.57 Å². The van der Waals surface area contributed by atoms with Crippen molar-refractivity contribution in [2.75, 3.05) is 0 Å². The first-order chi connectivity index (χ1) is 6.77. The van der Waals surface area contributed by atoms with E-state index in [2.05, 4.69) is 18.4 Å². The van der Waals surface area contributed by atoms with Gasteiger partial charge in [0, 0.05) is 24.1 Å². The first kappa shape index (κ1) is 8.51. The highest BCUT2D eigenvalue weighted by Gasteiger charge is 2.29. The summed E-state index contributed by atoms with van der Waals surface area (Å²) < 4.78 is 2.51. The van der Waals surface area contributed by atoms with E-state index in [0.717, 1.165) is 0 Å². The van der Waals surface area contributed by atoms with Crippen molar-refractivity contribution < 1.29 is 0 Å². The quantitative estimate of drug-likeness (QED) is 0.615. The summed E-state index contributed by atoms with van der Waals surface area (Å²) in [7, 11) is 0. The van der Waals surface area contributed by atoms with Crippen LogP contribution in [0.15, 0.2) is 0 Å². The van der Waals surface area contributed by atoms with Crippen LogP contribution in [0.3, 0.4) is 0 Å². The van der Waals surface area contributed by atoms with Crippen molar-refractivity contribution in [1.29, 1.82) is 0 Å². The van der Waals surface area contributed by atoms with Crippen LogP contribution in [0.1, 0.15) is 62.2 Å². The van der Waals surface area contributed by atoms with Crippen LogP contribution in [0.25, 0.3) is 0 Å². The summed E-state index contributed by atoms with van der Waals surface area (Å²) in [5.41, 5.74) is 2.97. The Morgan fingerprint density at radius 1 is 1.21 bits per heavy atom. The lowest BCUT2D eigenvalue weighted by molar-refractivity contribution is 0.452. The first-order valence-corrected chi connectivity index (χ1v) is 5.86. The third kappa shape index (κ3) is 0.999. The third-order valence-corrected chi connectivity index (χ3v) is 3.87. The lowest BCUT2D eigenvalue weighted by Gasteiger charge is -2.21. The lowest BCUT2D eigenvalue weighted by Crippen LogP contribution is -2.15. The minimum absolute atomic E-state index is 0.682. The Balaban J connectivity index is 2.13. The summed E-state index contributed by atoms with van der Waals surface area (Å²) in [5.74, 6) is 2.75. The maximum absolute atomic E-state index is 4.86. The number of hydrogen-bond donors (Lipinski definition) is 0. The van der Waals surface area contributed by atoms with E-state index in [-0.39, 0.29) is 0 Å². The maximum Gasteiger partial charge on any atom is 0.112 e. The Labute approximate surface area is 85.3 Å². The fraction of sp³-hybridized carbons (Fsp3) is 0.750. The minimum atomic E-state index is 0.682. The Morgan fingerprint density at radius 2 is 2.07 bits per heavy atom. The van der Waals surface area contributed by atoms with Crippen molar-refractivity contribution >= 4 is 0 Å². The molecule has 0 spiro atoms. The molecule has 2 unspecified atom stereocenters. The molecule has 1 aromatic heterocycles. The molecule has 76 valence electrons. The highest BCUT2D eigenvalue weighted by molar-refractivity contribution is 5.28. The predicted octanol–water partition coefficient (Wildman–Crippen LogP) is 2.83. The second-order valence-electron chi connectivity index (χ2n) is 4.94. The van der Waals surface area contributed by atoms with Crippen LogP contribution in [0.2, 0.25) is 0 Å². The molecule has 0 aromatic carbocycles. The van der Waals surface area contributed by atoms with E-state index in [1.807, 2.05) is 0 Å². The summed E-state index contributed by atoms with van der Waals surface area (Å²) in [6.07, 6.45) is 5.23. The van der Waals surface area contributed by atoms with E-state index >= 15 is 0 Å². The molecule has 1 aliphatic carbocycles. The van der Waals surface area contributed by atoms with Gasteiger partial charge in [-0.1, -0.05) is 13.8 Å². The maximum atomic E-state index is 4.86. The van der Waals surface area contributed by atoms with Gasteiger partial charge in [-0.3, -0.25) is 0 Å². The lowest BCUT2D eigenvalue weighted by atomic mass is 10.0. The van der Waals surface area contributed by atoms with Gasteiger partial charge in [-0.15, -0.1) is 0 Å². The van der Waals surface area contributed by atoms with Crippen LogP contribution >= 0.6 is 0 Å². The van der Waals surface area contributed by atoms with Gasteiger partial charge in [0.15, 0.2) is 0 Å². The van der Waals surface area contributed by atoms with E-state index in [1.165, 1.54) is 43.7 Å². The Kier molecular flexibility index (Phi) is 1.73. The molecule has 2 atom stereocenters. The molecular weight excluding hydrogens is 172 g/mol. The van der Waals surface area contributed by atoms with E-state index < -0.39 is 0 Å². The molecule has 0 fully saturated rings. The summed E-state index contributed by atoms with van der Waals surface area (Å²) >= 11 is 0. The molecular formula is C12H18N2. The zero-order valence-electron chi connectivity index (χ0n) is 9.08. The van der Waals surface area contributed by atoms with Gasteiger partial charge in [-0.25, -0.2) is 4.98 Å². The van der Waals surface area contributed by atoms with Gasteiger partial charge >= 0.3 is 0 Å². The van der Waals surface area contributed by atoms with Crippen LogP contribution in [-0.4, -0.2) is 9.55 Å². The number of nitrogens with zero attached hydrogens (tertiary/aromatic N) is 2. The van der Waals surface area contributed by atoms with Crippen molar-refractivity contribution in [1.82, 2.24) is 9.55 Å². The smallest absolute Gasteiger partial charge is 0.112 e. The fourth-order valence-electron chi connectivity index (χ4n) is 2.98. The Morgan fingerprint density at radius 3 is 2.93 bits per heavy atom. The largest absolute Gasteiger partial charge is 0.332 e. The van der Waals surface area contributed by atoms with Gasteiger partial charge in [0.05, 0.1) is 5.69 Å². The minimum Gasteiger partial charge on any atom is -0.332 e. The molecule has 1 aliphatic heterocycles. The summed E-state index contributed by atoms with van der Waals surface area (Å²) in [4.78, 5) is 4.86. The van der Waals surface area contributed by atoms with Crippen molar-refractivity contribution in [2.24, 2.45) is 0 Å². The topological polar surface area (TPSA) is 17.8 Å². The monoisotopic (exact) mass is 190 g/mol. The number of fused-ring (bicyclic) bond motifs is 3. The van der Waals surface area contributed by atoms with Crippen molar-refractivity contribution in [2.45, 2.75) is 57.9 Å². The first-order valence-electron chi connectivity index (χ1n) is 5.86. The van der Waals surface area contributed by atoms with Gasteiger partial charge in [-0.05, 0) is 25.7 Å². The molecule has 2 nitrogen and oxygen atoms in total. The predicted molar refractivity (Wildman–Crippen MR) is 56.6 cm³/mol. The van der Waals surface area contributed by atoms with Crippen LogP contribution in [0.4, 0.5) is 0 Å². The highest BCUT2D eigenvalue weighted by atomic mass is 15.1. The molecule has 0 amide bonds. The Hall–Kier alpha value is -0.790. The molecule has 0 saturated carbocycles. The van der Waals surface area contributed by atoms with Crippen LogP contribution in [0.5, 0.6) is 0 Å². The Bertz CT molecular complexity index is 365. The number of aromatic nitrogens is 2. The van der Waals surface area contributed by atoms with Crippen molar-refractivity contribution in [3.05, 3.63) is 17.2 Å². The molecule has 3 rings (SSSR count). The van der Waals surface area contributed by atoms with E-state index in [4.69, 9.17) is 4.98 Å². The number of hydrogen-bond acceptors (Lipinski definition) is 1. The molecule has 0 N–H and O–H groups in total. The van der Waals surface area contributed by atoms with Gasteiger partial charge in [0.2, 0.25) is 0 Å². The number of imidazole rings is 1. The normalized spacial score (nSPS) is 30.1. The second kappa shape index (κ2) is 2.85. The van der Waals surface area contributed by atoms with Gasteiger partial charge in [-0.2, -0.15) is 0 Å². The second-order valence-corrected chi connectivity index (χ2v) is 4.94. The van der Waals surface area contributed by atoms with Crippen LogP contribution in [-0.2, 0) is 13.0 Å². The van der Waals surface area contributed by atoms with E-state index in [9.17, 15) is 0 Å². The molecule has 0 radical (unpaired) electrons. The summed E-state index contributed by atoms with van der Waals surface area (Å²) in [5, 5.41) is 0. The van der Waals surface area contributed by atoms with Crippen LogP contribution < -0.4 is 0 Å². The molecule has 0 bridgehead atoms. The third-order valence-electron chi connectivity index (χ3n) is 3.87. The zero-order chi connectivity index (χ0) is 9.71. The highest BCUT2D eigenvalue weighted by Crippen LogP contribution is 2.37. The molecule has 0 saturated heterocycles. The van der Waals surface area contributed by atoms with Crippen molar-refractivity contribution in [3.63, 3.8) is 0 Å². The number of rotatable bonds is 0. The van der Waals surface area contributed by atoms with Crippen molar-refractivity contribution in [3.8, 4) is 0 Å². The van der Waals surface area contributed by atoms with Gasteiger partial charge in [0.1, 0.15) is 5.82 Å². The van der Waals surface area contributed by atoms with Gasteiger partial charge in [0.25, 0.3) is 0 Å². The zero-order valence-corrected chi connectivity index (χ0v) is 9.08. The van der Waals surface area contributed by atoms with E-state index in [1.54, 1.807) is 5.69 Å². The molecule has 2 heteroatoms. The summed E-state index contributed by atoms with van der Waals surface area (Å²) in [6.45, 7) is 5.85. The standard InChI is InChI=1S/C12H18N2/c1-8-5-6-10-11(8)13-12-9(2)4-3-7-14(10)12/h8-9H,3-7H2,1-2H3.